The molecule has 1 amide bonds. The Bertz CT molecular complexity index is 867. The Morgan fingerprint density at radius 2 is 1.83 bits per heavy atom. The molecule has 0 bridgehead atoms. The fraction of sp³-hybridized carbons (Fsp3) is 0.375. The first-order valence-electron chi connectivity index (χ1n) is 7.22. The van der Waals surface area contributed by atoms with Gasteiger partial charge in [-0.1, -0.05) is 6.07 Å². The fourth-order valence-corrected chi connectivity index (χ4v) is 3.51. The number of aromatic nitrogens is 2. The largest absolute Gasteiger partial charge is 0.322 e. The van der Waals surface area contributed by atoms with Crippen LogP contribution in [0, 0.1) is 27.7 Å². The maximum Gasteiger partial charge on any atom is 0.240 e. The van der Waals surface area contributed by atoms with Crippen molar-refractivity contribution in [2.45, 2.75) is 32.6 Å². The molecule has 0 spiro atoms. The van der Waals surface area contributed by atoms with Crippen LogP contribution in [0.5, 0.6) is 0 Å². The van der Waals surface area contributed by atoms with Crippen molar-refractivity contribution in [2.75, 3.05) is 11.1 Å². The number of nitrogens with one attached hydrogen (secondary N) is 1. The molecule has 0 unspecified atom stereocenters. The van der Waals surface area contributed by atoms with Crippen LogP contribution in [0.4, 0.5) is 5.69 Å². The van der Waals surface area contributed by atoms with Crippen molar-refractivity contribution in [1.29, 1.82) is 0 Å². The number of hydrogen-bond donors (Lipinski definition) is 1. The number of sulfone groups is 1. The van der Waals surface area contributed by atoms with Crippen molar-refractivity contribution >= 4 is 21.4 Å². The van der Waals surface area contributed by atoms with E-state index >= 15 is 0 Å². The Morgan fingerprint density at radius 1 is 1.17 bits per heavy atom. The third-order valence-electron chi connectivity index (χ3n) is 3.93. The van der Waals surface area contributed by atoms with Gasteiger partial charge < -0.3 is 5.32 Å². The second kappa shape index (κ2) is 6.16. The summed E-state index contributed by atoms with van der Waals surface area (Å²) in [4.78, 5) is 12.3. The first-order valence-corrected chi connectivity index (χ1v) is 8.87. The molecule has 0 fully saturated rings. The number of hydrogen-bond acceptors (Lipinski definition) is 4. The Kier molecular flexibility index (Phi) is 4.61. The van der Waals surface area contributed by atoms with Crippen LogP contribution in [0.3, 0.4) is 0 Å². The van der Waals surface area contributed by atoms with Crippen molar-refractivity contribution in [3.8, 4) is 0 Å². The van der Waals surface area contributed by atoms with Crippen molar-refractivity contribution < 1.29 is 13.2 Å². The van der Waals surface area contributed by atoms with Gasteiger partial charge in [-0.3, -0.25) is 9.48 Å². The lowest BCUT2D eigenvalue weighted by Crippen LogP contribution is -2.23. The molecule has 7 heteroatoms. The van der Waals surface area contributed by atoms with Crippen LogP contribution in [0.2, 0.25) is 0 Å². The topological polar surface area (TPSA) is 81.1 Å². The van der Waals surface area contributed by atoms with Crippen molar-refractivity contribution in [1.82, 2.24) is 9.78 Å². The highest BCUT2D eigenvalue weighted by molar-refractivity contribution is 7.92. The van der Waals surface area contributed by atoms with Gasteiger partial charge in [-0.25, -0.2) is 8.42 Å². The maximum atomic E-state index is 12.4. The zero-order chi connectivity index (χ0) is 17.4. The highest BCUT2D eigenvalue weighted by atomic mass is 32.2. The number of aryl methyl sites for hydroxylation is 4. The van der Waals surface area contributed by atoms with Gasteiger partial charge in [0.25, 0.3) is 0 Å². The average molecular weight is 335 g/mol. The number of nitrogens with zero attached hydrogens (tertiary/aromatic N) is 2. The van der Waals surface area contributed by atoms with E-state index in [1.54, 1.807) is 30.8 Å². The Morgan fingerprint density at radius 3 is 2.35 bits per heavy atom. The smallest absolute Gasteiger partial charge is 0.240 e. The minimum absolute atomic E-state index is 0.162. The molecule has 0 aliphatic rings. The predicted octanol–water partition coefficient (Wildman–Crippen LogP) is 2.07. The van der Waals surface area contributed by atoms with E-state index in [4.69, 9.17) is 0 Å². The van der Waals surface area contributed by atoms with Crippen LogP contribution in [-0.4, -0.2) is 29.9 Å². The third-order valence-corrected chi connectivity index (χ3v) is 5.55. The highest BCUT2D eigenvalue weighted by Crippen LogP contribution is 2.20. The summed E-state index contributed by atoms with van der Waals surface area (Å²) in [5, 5.41) is 6.84. The van der Waals surface area contributed by atoms with Gasteiger partial charge >= 0.3 is 0 Å². The average Bonchev–Trinajstić information content (AvgIpc) is 2.67. The molecule has 0 radical (unpaired) electrons. The molecule has 0 aliphatic carbocycles. The van der Waals surface area contributed by atoms with Crippen LogP contribution in [-0.2, 0) is 21.7 Å². The molecule has 2 aromatic rings. The number of anilines is 1. The Labute approximate surface area is 136 Å². The van der Waals surface area contributed by atoms with Gasteiger partial charge in [-0.15, -0.1) is 0 Å². The summed E-state index contributed by atoms with van der Waals surface area (Å²) in [6.45, 7) is 7.33. The lowest BCUT2D eigenvalue weighted by molar-refractivity contribution is -0.113. The molecule has 0 aliphatic heterocycles. The summed E-state index contributed by atoms with van der Waals surface area (Å²) in [6, 6.07) is 4.87. The lowest BCUT2D eigenvalue weighted by Gasteiger charge is -2.08. The first-order chi connectivity index (χ1) is 10.6. The van der Waals surface area contributed by atoms with Gasteiger partial charge in [0, 0.05) is 7.05 Å². The third kappa shape index (κ3) is 3.61. The standard InChI is InChI=1S/C16H21N3O3S/c1-10-6-7-14(8-11(10)2)23(21,22)9-15(20)17-16-12(3)18-19(5)13(16)4/h6-8H,9H2,1-5H3,(H,17,20). The van der Waals surface area contributed by atoms with E-state index in [1.807, 2.05) is 20.8 Å². The summed E-state index contributed by atoms with van der Waals surface area (Å²) in [5.74, 6) is -1.16. The molecule has 0 saturated carbocycles. The van der Waals surface area contributed by atoms with Crippen LogP contribution in [0.1, 0.15) is 22.5 Å². The fourth-order valence-electron chi connectivity index (χ4n) is 2.29. The molecule has 2 rings (SSSR count). The molecule has 0 saturated heterocycles. The van der Waals surface area contributed by atoms with Crippen LogP contribution < -0.4 is 5.32 Å². The van der Waals surface area contributed by atoms with Crippen LogP contribution in [0.15, 0.2) is 23.1 Å². The first kappa shape index (κ1) is 17.2. The van der Waals surface area contributed by atoms with E-state index in [2.05, 4.69) is 10.4 Å². The van der Waals surface area contributed by atoms with Gasteiger partial charge in [0.1, 0.15) is 5.75 Å². The normalized spacial score (nSPS) is 11.5. The van der Waals surface area contributed by atoms with E-state index in [9.17, 15) is 13.2 Å². The number of benzene rings is 1. The van der Waals surface area contributed by atoms with E-state index in [0.717, 1.165) is 16.8 Å². The second-order valence-electron chi connectivity index (χ2n) is 5.72. The van der Waals surface area contributed by atoms with Crippen LogP contribution in [0.25, 0.3) is 0 Å². The maximum absolute atomic E-state index is 12.4. The van der Waals surface area contributed by atoms with Gasteiger partial charge in [-0.05, 0) is 51.0 Å². The molecular weight excluding hydrogens is 314 g/mol. The molecule has 6 nitrogen and oxygen atoms in total. The molecule has 1 heterocycles. The minimum Gasteiger partial charge on any atom is -0.322 e. The summed E-state index contributed by atoms with van der Waals surface area (Å²) in [6.07, 6.45) is 0. The summed E-state index contributed by atoms with van der Waals surface area (Å²) in [7, 11) is -1.91. The molecular formula is C16H21N3O3S. The number of amides is 1. The zero-order valence-electron chi connectivity index (χ0n) is 14.0. The van der Waals surface area contributed by atoms with Gasteiger partial charge in [-0.2, -0.15) is 5.10 Å². The summed E-state index contributed by atoms with van der Waals surface area (Å²) in [5.41, 5.74) is 3.88. The lowest BCUT2D eigenvalue weighted by atomic mass is 10.1. The second-order valence-corrected chi connectivity index (χ2v) is 7.71. The molecule has 0 atom stereocenters. The van der Waals surface area contributed by atoms with Crippen molar-refractivity contribution in [3.63, 3.8) is 0 Å². The highest BCUT2D eigenvalue weighted by Gasteiger charge is 2.21. The van der Waals surface area contributed by atoms with E-state index in [1.165, 1.54) is 6.07 Å². The van der Waals surface area contributed by atoms with Crippen LogP contribution >= 0.6 is 0 Å². The molecule has 1 aromatic carbocycles. The molecule has 124 valence electrons. The number of carbonyl (C=O) groups excluding carboxylic acids is 1. The Hall–Kier alpha value is -2.15. The predicted molar refractivity (Wildman–Crippen MR) is 89.3 cm³/mol. The minimum atomic E-state index is -3.68. The zero-order valence-corrected chi connectivity index (χ0v) is 14.8. The molecule has 1 aromatic heterocycles. The SMILES string of the molecule is Cc1ccc(S(=O)(=O)CC(=O)Nc2c(C)nn(C)c2C)cc1C. The summed E-state index contributed by atoms with van der Waals surface area (Å²) >= 11 is 0. The van der Waals surface area contributed by atoms with Gasteiger partial charge in [0.05, 0.1) is 22.0 Å². The van der Waals surface area contributed by atoms with Crippen molar-refractivity contribution in [2.24, 2.45) is 7.05 Å². The Balaban J connectivity index is 2.20. The number of carbonyl (C=O) groups is 1. The molecule has 23 heavy (non-hydrogen) atoms. The number of rotatable bonds is 4. The van der Waals surface area contributed by atoms with E-state index in [-0.39, 0.29) is 4.90 Å². The monoisotopic (exact) mass is 335 g/mol. The van der Waals surface area contributed by atoms with Crippen molar-refractivity contribution in [3.05, 3.63) is 40.7 Å². The van der Waals surface area contributed by atoms with E-state index in [0.29, 0.717) is 11.4 Å². The quantitative estimate of drug-likeness (QED) is 0.927. The van der Waals surface area contributed by atoms with Gasteiger partial charge in [0.2, 0.25) is 5.91 Å². The molecule has 1 N–H and O–H groups in total. The van der Waals surface area contributed by atoms with E-state index < -0.39 is 21.5 Å². The van der Waals surface area contributed by atoms with Gasteiger partial charge in [0.15, 0.2) is 9.84 Å². The summed E-state index contributed by atoms with van der Waals surface area (Å²) < 4.78 is 26.4.